The standard InChI is InChI=1S/C17H16N4O/c1-12(19-14-7-6-10-18-11-14)16-13(2)20-21(17(16)22)15-8-4-3-5-9-15/h3-11,20H,1-2H3. The van der Waals surface area contributed by atoms with Gasteiger partial charge in [0.25, 0.3) is 5.56 Å². The van der Waals surface area contributed by atoms with Crippen molar-refractivity contribution in [2.24, 2.45) is 4.99 Å². The first-order chi connectivity index (χ1) is 10.7. The SMILES string of the molecule is CC(=Nc1cccnc1)c1c(C)[nH]n(-c2ccccc2)c1=O. The first-order valence-electron chi connectivity index (χ1n) is 6.99. The summed E-state index contributed by atoms with van der Waals surface area (Å²) in [6, 6.07) is 13.2. The average molecular weight is 292 g/mol. The Kier molecular flexibility index (Phi) is 3.70. The van der Waals surface area contributed by atoms with E-state index in [0.29, 0.717) is 11.3 Å². The van der Waals surface area contributed by atoms with Crippen LogP contribution < -0.4 is 5.56 Å². The summed E-state index contributed by atoms with van der Waals surface area (Å²) in [5, 5.41) is 3.10. The molecular weight excluding hydrogens is 276 g/mol. The summed E-state index contributed by atoms with van der Waals surface area (Å²) in [6.07, 6.45) is 3.36. The van der Waals surface area contributed by atoms with Gasteiger partial charge in [0.05, 0.1) is 28.8 Å². The fourth-order valence-corrected chi connectivity index (χ4v) is 2.40. The zero-order valence-corrected chi connectivity index (χ0v) is 12.4. The summed E-state index contributed by atoms with van der Waals surface area (Å²) in [4.78, 5) is 21.2. The van der Waals surface area contributed by atoms with Gasteiger partial charge in [0.15, 0.2) is 0 Å². The van der Waals surface area contributed by atoms with Crippen LogP contribution in [0.3, 0.4) is 0 Å². The molecule has 0 atom stereocenters. The van der Waals surface area contributed by atoms with Gasteiger partial charge in [0.2, 0.25) is 0 Å². The average Bonchev–Trinajstić information content (AvgIpc) is 2.84. The van der Waals surface area contributed by atoms with Crippen LogP contribution in [-0.4, -0.2) is 20.5 Å². The smallest absolute Gasteiger partial charge is 0.280 e. The fraction of sp³-hybridized carbons (Fsp3) is 0.118. The molecule has 0 aliphatic carbocycles. The molecule has 0 spiro atoms. The Labute approximate surface area is 128 Å². The lowest BCUT2D eigenvalue weighted by Gasteiger charge is -1.99. The zero-order chi connectivity index (χ0) is 15.5. The van der Waals surface area contributed by atoms with Crippen molar-refractivity contribution in [3.63, 3.8) is 0 Å². The van der Waals surface area contributed by atoms with Crippen LogP contribution in [0, 0.1) is 6.92 Å². The van der Waals surface area contributed by atoms with Gasteiger partial charge in [-0.05, 0) is 38.1 Å². The van der Waals surface area contributed by atoms with Gasteiger partial charge in [-0.2, -0.15) is 0 Å². The molecule has 0 saturated carbocycles. The lowest BCUT2D eigenvalue weighted by molar-refractivity contribution is 0.835. The van der Waals surface area contributed by atoms with Gasteiger partial charge in [-0.15, -0.1) is 0 Å². The van der Waals surface area contributed by atoms with Crippen molar-refractivity contribution < 1.29 is 0 Å². The van der Waals surface area contributed by atoms with E-state index in [1.165, 1.54) is 4.68 Å². The van der Waals surface area contributed by atoms with Gasteiger partial charge in [-0.1, -0.05) is 18.2 Å². The highest BCUT2D eigenvalue weighted by molar-refractivity contribution is 6.00. The van der Waals surface area contributed by atoms with E-state index in [2.05, 4.69) is 15.1 Å². The maximum atomic E-state index is 12.7. The normalized spacial score (nSPS) is 11.6. The fourth-order valence-electron chi connectivity index (χ4n) is 2.40. The van der Waals surface area contributed by atoms with Gasteiger partial charge in [0.1, 0.15) is 0 Å². The van der Waals surface area contributed by atoms with Crippen molar-refractivity contribution in [2.45, 2.75) is 13.8 Å². The molecule has 0 aliphatic rings. The molecule has 1 aromatic carbocycles. The van der Waals surface area contributed by atoms with E-state index in [1.54, 1.807) is 12.4 Å². The molecule has 5 nitrogen and oxygen atoms in total. The van der Waals surface area contributed by atoms with Crippen molar-refractivity contribution in [3.05, 3.63) is 76.5 Å². The van der Waals surface area contributed by atoms with Crippen molar-refractivity contribution >= 4 is 11.4 Å². The monoisotopic (exact) mass is 292 g/mol. The summed E-state index contributed by atoms with van der Waals surface area (Å²) in [7, 11) is 0. The number of nitrogens with one attached hydrogen (secondary N) is 1. The van der Waals surface area contributed by atoms with E-state index >= 15 is 0 Å². The third kappa shape index (κ3) is 2.61. The Morgan fingerprint density at radius 1 is 1.18 bits per heavy atom. The van der Waals surface area contributed by atoms with Gasteiger partial charge < -0.3 is 0 Å². The predicted octanol–water partition coefficient (Wildman–Crippen LogP) is 3.01. The van der Waals surface area contributed by atoms with Crippen LogP contribution in [0.2, 0.25) is 0 Å². The number of aliphatic imine (C=N–C) groups is 1. The molecule has 0 amide bonds. The third-order valence-electron chi connectivity index (χ3n) is 3.39. The van der Waals surface area contributed by atoms with Crippen molar-refractivity contribution in [1.29, 1.82) is 0 Å². The van der Waals surface area contributed by atoms with Crippen LogP contribution in [0.15, 0.2) is 64.6 Å². The molecule has 2 heterocycles. The number of H-pyrrole nitrogens is 1. The van der Waals surface area contributed by atoms with Crippen LogP contribution in [0.4, 0.5) is 5.69 Å². The summed E-state index contributed by atoms with van der Waals surface area (Å²) < 4.78 is 1.53. The van der Waals surface area contributed by atoms with Crippen molar-refractivity contribution in [3.8, 4) is 5.69 Å². The van der Waals surface area contributed by atoms with E-state index in [9.17, 15) is 4.79 Å². The highest BCUT2D eigenvalue weighted by Crippen LogP contribution is 2.13. The number of benzene rings is 1. The number of aryl methyl sites for hydroxylation is 1. The van der Waals surface area contributed by atoms with Gasteiger partial charge in [0, 0.05) is 11.9 Å². The van der Waals surface area contributed by atoms with Gasteiger partial charge >= 0.3 is 0 Å². The highest BCUT2D eigenvalue weighted by atomic mass is 16.1. The first-order valence-corrected chi connectivity index (χ1v) is 6.99. The molecule has 5 heteroatoms. The predicted molar refractivity (Wildman–Crippen MR) is 87.2 cm³/mol. The van der Waals surface area contributed by atoms with E-state index in [4.69, 9.17) is 0 Å². The topological polar surface area (TPSA) is 63.0 Å². The highest BCUT2D eigenvalue weighted by Gasteiger charge is 2.14. The summed E-state index contributed by atoms with van der Waals surface area (Å²) in [6.45, 7) is 3.71. The molecule has 0 fully saturated rings. The quantitative estimate of drug-likeness (QED) is 0.754. The first kappa shape index (κ1) is 14.0. The Morgan fingerprint density at radius 2 is 1.95 bits per heavy atom. The molecule has 2 aromatic heterocycles. The van der Waals surface area contributed by atoms with Crippen molar-refractivity contribution in [1.82, 2.24) is 14.8 Å². The molecule has 0 bridgehead atoms. The minimum atomic E-state index is -0.103. The van der Waals surface area contributed by atoms with E-state index in [0.717, 1.165) is 17.1 Å². The molecule has 0 radical (unpaired) electrons. The number of nitrogens with zero attached hydrogens (tertiary/aromatic N) is 3. The largest absolute Gasteiger partial charge is 0.295 e. The lowest BCUT2D eigenvalue weighted by atomic mass is 10.2. The minimum Gasteiger partial charge on any atom is -0.295 e. The van der Waals surface area contributed by atoms with Crippen molar-refractivity contribution in [2.75, 3.05) is 0 Å². The lowest BCUT2D eigenvalue weighted by Crippen LogP contribution is -2.19. The van der Waals surface area contributed by atoms with Crippen LogP contribution in [-0.2, 0) is 0 Å². The molecule has 110 valence electrons. The van der Waals surface area contributed by atoms with Gasteiger partial charge in [-0.25, -0.2) is 4.68 Å². The Morgan fingerprint density at radius 3 is 2.64 bits per heavy atom. The number of hydrogen-bond donors (Lipinski definition) is 1. The van der Waals surface area contributed by atoms with E-state index in [1.807, 2.05) is 56.3 Å². The molecule has 0 aliphatic heterocycles. The van der Waals surface area contributed by atoms with Crippen LogP contribution in [0.25, 0.3) is 5.69 Å². The Balaban J connectivity index is 2.08. The zero-order valence-electron chi connectivity index (χ0n) is 12.4. The number of aromatic amines is 1. The maximum Gasteiger partial charge on any atom is 0.280 e. The Bertz CT molecular complexity index is 861. The number of pyridine rings is 1. The second-order valence-corrected chi connectivity index (χ2v) is 5.00. The summed E-state index contributed by atoms with van der Waals surface area (Å²) in [5.74, 6) is 0. The molecule has 22 heavy (non-hydrogen) atoms. The molecule has 3 aromatic rings. The number of para-hydroxylation sites is 1. The summed E-state index contributed by atoms with van der Waals surface area (Å²) >= 11 is 0. The number of rotatable bonds is 3. The van der Waals surface area contributed by atoms with Crippen LogP contribution in [0.5, 0.6) is 0 Å². The second kappa shape index (κ2) is 5.81. The van der Waals surface area contributed by atoms with Crippen LogP contribution in [0.1, 0.15) is 18.2 Å². The van der Waals surface area contributed by atoms with Gasteiger partial charge in [-0.3, -0.25) is 19.9 Å². The second-order valence-electron chi connectivity index (χ2n) is 5.00. The maximum absolute atomic E-state index is 12.7. The molecular formula is C17H16N4O. The molecule has 0 saturated heterocycles. The minimum absolute atomic E-state index is 0.103. The molecule has 0 unspecified atom stereocenters. The van der Waals surface area contributed by atoms with Crippen LogP contribution >= 0.6 is 0 Å². The third-order valence-corrected chi connectivity index (χ3v) is 3.39. The Hall–Kier alpha value is -2.95. The number of hydrogen-bond acceptors (Lipinski definition) is 3. The number of aromatic nitrogens is 3. The van der Waals surface area contributed by atoms with E-state index < -0.39 is 0 Å². The molecule has 3 rings (SSSR count). The van der Waals surface area contributed by atoms with E-state index in [-0.39, 0.29) is 5.56 Å². The summed E-state index contributed by atoms with van der Waals surface area (Å²) in [5.41, 5.74) is 3.48. The molecule has 1 N–H and O–H groups in total.